The van der Waals surface area contributed by atoms with Gasteiger partial charge >= 0.3 is 24.3 Å². The van der Waals surface area contributed by atoms with Crippen LogP contribution in [-0.4, -0.2) is 58.7 Å². The molecule has 1 aliphatic rings. The van der Waals surface area contributed by atoms with Crippen molar-refractivity contribution in [3.05, 3.63) is 102 Å². The summed E-state index contributed by atoms with van der Waals surface area (Å²) in [6.45, 7) is 8.83. The minimum absolute atomic E-state index is 0.0275. The molecule has 1 saturated heterocycles. The summed E-state index contributed by atoms with van der Waals surface area (Å²) in [5.74, 6) is -2.60. The van der Waals surface area contributed by atoms with Crippen LogP contribution in [0.3, 0.4) is 0 Å². The van der Waals surface area contributed by atoms with E-state index in [1.807, 2.05) is 60.7 Å². The van der Waals surface area contributed by atoms with Crippen LogP contribution in [0.4, 0.5) is 22.8 Å². The maximum Gasteiger partial charge on any atom is 0.491 e. The highest BCUT2D eigenvalue weighted by Gasteiger charge is 2.51. The average molecular weight is 671 g/mol. The molecule has 1 heterocycles. The molecule has 0 spiro atoms. The fourth-order valence-electron chi connectivity index (χ4n) is 5.59. The number of esters is 1. The Balaban J connectivity index is 1.62. The highest BCUT2D eigenvalue weighted by atomic mass is 19.4. The van der Waals surface area contributed by atoms with Gasteiger partial charge in [-0.2, -0.15) is 13.2 Å². The molecule has 0 aliphatic carbocycles. The fourth-order valence-corrected chi connectivity index (χ4v) is 5.59. The lowest BCUT2D eigenvalue weighted by molar-refractivity contribution is -0.189. The Bertz CT molecular complexity index is 1530. The first-order valence-corrected chi connectivity index (χ1v) is 15.6. The first-order chi connectivity index (χ1) is 22.5. The van der Waals surface area contributed by atoms with E-state index in [0.29, 0.717) is 12.0 Å². The van der Waals surface area contributed by atoms with E-state index in [-0.39, 0.29) is 25.2 Å². The predicted octanol–water partition coefficient (Wildman–Crippen LogP) is 7.37. The monoisotopic (exact) mass is 670 g/mol. The summed E-state index contributed by atoms with van der Waals surface area (Å²) in [7, 11) is 0. The number of carbonyl (C=O) groups excluding carboxylic acids is 3. The van der Waals surface area contributed by atoms with E-state index in [2.05, 4.69) is 10.1 Å². The van der Waals surface area contributed by atoms with E-state index < -0.39 is 53.8 Å². The molecule has 9 nitrogen and oxygen atoms in total. The van der Waals surface area contributed by atoms with Gasteiger partial charge in [0, 0.05) is 6.04 Å². The molecule has 3 aromatic rings. The van der Waals surface area contributed by atoms with Gasteiger partial charge in [-0.05, 0) is 82.7 Å². The van der Waals surface area contributed by atoms with E-state index in [0.717, 1.165) is 11.1 Å². The maximum atomic E-state index is 13.7. The summed E-state index contributed by atoms with van der Waals surface area (Å²) in [6, 6.07) is 23.3. The van der Waals surface area contributed by atoms with Crippen LogP contribution < -0.4 is 10.1 Å². The van der Waals surface area contributed by atoms with Crippen molar-refractivity contribution in [3.63, 3.8) is 0 Å². The summed E-state index contributed by atoms with van der Waals surface area (Å²) >= 11 is 0. The number of rotatable bonds is 10. The lowest BCUT2D eigenvalue weighted by Gasteiger charge is -2.33. The Labute approximate surface area is 278 Å². The number of ether oxygens (including phenoxy) is 4. The topological polar surface area (TPSA) is 103 Å². The van der Waals surface area contributed by atoms with Crippen LogP contribution in [0, 0.1) is 0 Å². The number of amides is 2. The predicted molar refractivity (Wildman–Crippen MR) is 171 cm³/mol. The second kappa shape index (κ2) is 15.1. The number of nitrogens with one attached hydrogen (secondary N) is 1. The third kappa shape index (κ3) is 10.5. The molecule has 3 aromatic carbocycles. The van der Waals surface area contributed by atoms with E-state index in [9.17, 15) is 27.6 Å². The number of nitrogens with zero attached hydrogens (tertiary/aromatic N) is 1. The summed E-state index contributed by atoms with van der Waals surface area (Å²) in [6.07, 6.45) is -6.02. The van der Waals surface area contributed by atoms with Crippen molar-refractivity contribution in [2.45, 2.75) is 96.2 Å². The molecule has 1 N–H and O–H groups in total. The molecule has 3 atom stereocenters. The maximum absolute atomic E-state index is 13.7. The van der Waals surface area contributed by atoms with Crippen LogP contribution in [0.1, 0.15) is 57.7 Å². The molecule has 0 radical (unpaired) electrons. The van der Waals surface area contributed by atoms with Gasteiger partial charge in [-0.25, -0.2) is 14.4 Å². The Hall–Kier alpha value is -4.58. The minimum Gasteiger partial charge on any atom is -0.444 e. The zero-order chi connectivity index (χ0) is 35.1. The molecule has 0 aromatic heterocycles. The third-order valence-corrected chi connectivity index (χ3v) is 7.56. The van der Waals surface area contributed by atoms with Crippen LogP contribution >= 0.6 is 0 Å². The minimum atomic E-state index is -5.14. The molecule has 0 saturated carbocycles. The van der Waals surface area contributed by atoms with Crippen molar-refractivity contribution in [1.29, 1.82) is 0 Å². The van der Waals surface area contributed by atoms with Crippen molar-refractivity contribution in [1.82, 2.24) is 10.2 Å². The zero-order valence-electron chi connectivity index (χ0n) is 27.6. The Morgan fingerprint density at radius 1 is 0.875 bits per heavy atom. The lowest BCUT2D eigenvalue weighted by atomic mass is 9.93. The van der Waals surface area contributed by atoms with Gasteiger partial charge in [0.1, 0.15) is 23.7 Å². The molecule has 12 heteroatoms. The Kier molecular flexibility index (Phi) is 11.4. The van der Waals surface area contributed by atoms with E-state index >= 15 is 0 Å². The first-order valence-electron chi connectivity index (χ1n) is 15.6. The number of alkyl carbamates (subject to hydrolysis) is 1. The van der Waals surface area contributed by atoms with Crippen LogP contribution in [0.2, 0.25) is 0 Å². The number of hydrogen-bond acceptors (Lipinski definition) is 7. The van der Waals surface area contributed by atoms with Gasteiger partial charge in [-0.1, -0.05) is 72.8 Å². The van der Waals surface area contributed by atoms with Gasteiger partial charge in [-0.15, -0.1) is 0 Å². The van der Waals surface area contributed by atoms with E-state index in [1.54, 1.807) is 34.6 Å². The summed E-state index contributed by atoms with van der Waals surface area (Å²) in [5, 5.41) is 2.97. The number of hydrogen-bond donors (Lipinski definition) is 1. The van der Waals surface area contributed by atoms with Crippen molar-refractivity contribution in [3.8, 4) is 5.75 Å². The second-order valence-corrected chi connectivity index (χ2v) is 13.1. The van der Waals surface area contributed by atoms with Gasteiger partial charge in [0.15, 0.2) is 0 Å². The number of alkyl halides is 3. The fraction of sp³-hybridized carbons (Fsp3) is 0.417. The summed E-state index contributed by atoms with van der Waals surface area (Å²) in [5.41, 5.74) is 0.545. The number of benzene rings is 3. The molecule has 0 unspecified atom stereocenters. The first kappa shape index (κ1) is 36.3. The van der Waals surface area contributed by atoms with Crippen LogP contribution in [0.25, 0.3) is 0 Å². The van der Waals surface area contributed by atoms with Gasteiger partial charge in [0.05, 0.1) is 12.1 Å². The van der Waals surface area contributed by atoms with E-state index in [1.165, 1.54) is 29.2 Å². The van der Waals surface area contributed by atoms with Gasteiger partial charge in [-0.3, -0.25) is 4.90 Å². The van der Waals surface area contributed by atoms with Crippen molar-refractivity contribution in [2.75, 3.05) is 0 Å². The van der Waals surface area contributed by atoms with Gasteiger partial charge in [0.25, 0.3) is 0 Å². The largest absolute Gasteiger partial charge is 0.491 e. The number of carbonyl (C=O) groups is 3. The highest BCUT2D eigenvalue weighted by molar-refractivity contribution is 5.78. The Morgan fingerprint density at radius 2 is 1.46 bits per heavy atom. The molecular weight excluding hydrogens is 629 g/mol. The molecule has 4 rings (SSSR count). The summed E-state index contributed by atoms with van der Waals surface area (Å²) in [4.78, 5) is 39.5. The van der Waals surface area contributed by atoms with Gasteiger partial charge < -0.3 is 24.3 Å². The normalized spacial score (nSPS) is 18.1. The SMILES string of the molecule is CC(C)(C)OC(=O)N[C@@H](Cc1ccccc1)C[C@@H]1OC(C)(C)N(C(=O)OCc2ccccc2)[C@H]1Cc1ccc(OC(=O)C(F)(F)F)cc1. The number of halogens is 3. The highest BCUT2D eigenvalue weighted by Crippen LogP contribution is 2.37. The molecule has 258 valence electrons. The molecule has 1 fully saturated rings. The van der Waals surface area contributed by atoms with Crippen LogP contribution in [-0.2, 0) is 38.5 Å². The standard InChI is InChI=1S/C36H41F3N2O7/c1-34(2,3)48-32(43)40-27(20-24-12-8-6-9-13-24)22-30-29(21-25-16-18-28(19-17-25)46-31(42)36(37,38)39)41(35(4,5)47-30)33(44)45-23-26-14-10-7-11-15-26/h6-19,27,29-30H,20-23H2,1-5H3,(H,40,43)/t27-,29-,30-/m0/s1. The third-order valence-electron chi connectivity index (χ3n) is 7.56. The molecule has 48 heavy (non-hydrogen) atoms. The van der Waals surface area contributed by atoms with Crippen molar-refractivity contribution >= 4 is 18.2 Å². The molecule has 0 bridgehead atoms. The molecule has 2 amide bonds. The van der Waals surface area contributed by atoms with Crippen LogP contribution in [0.5, 0.6) is 5.75 Å². The van der Waals surface area contributed by atoms with Crippen molar-refractivity contribution in [2.24, 2.45) is 0 Å². The Morgan fingerprint density at radius 3 is 2.02 bits per heavy atom. The van der Waals surface area contributed by atoms with Crippen molar-refractivity contribution < 1.29 is 46.5 Å². The van der Waals surface area contributed by atoms with Crippen LogP contribution in [0.15, 0.2) is 84.9 Å². The molecular formula is C36H41F3N2O7. The van der Waals surface area contributed by atoms with Gasteiger partial charge in [0.2, 0.25) is 0 Å². The average Bonchev–Trinajstić information content (AvgIpc) is 3.24. The zero-order valence-corrected chi connectivity index (χ0v) is 27.6. The second-order valence-electron chi connectivity index (χ2n) is 13.1. The quantitative estimate of drug-likeness (QED) is 0.178. The van der Waals surface area contributed by atoms with E-state index in [4.69, 9.17) is 14.2 Å². The summed E-state index contributed by atoms with van der Waals surface area (Å²) < 4.78 is 60.4. The smallest absolute Gasteiger partial charge is 0.444 e. The molecule has 1 aliphatic heterocycles. The lowest BCUT2D eigenvalue weighted by Crippen LogP contribution is -2.50.